The first kappa shape index (κ1) is 22.7. The summed E-state index contributed by atoms with van der Waals surface area (Å²) >= 11 is 0. The Kier molecular flexibility index (Phi) is 10.3. The minimum absolute atomic E-state index is 0.00996. The van der Waals surface area contributed by atoms with Crippen molar-refractivity contribution in [1.29, 1.82) is 5.26 Å². The first-order chi connectivity index (χ1) is 13.6. The molecule has 0 aromatic carbocycles. The van der Waals surface area contributed by atoms with Crippen molar-refractivity contribution in [2.75, 3.05) is 0 Å². The third kappa shape index (κ3) is 8.17. The standard InChI is InChI=1S/C24H36FNO2/c1-2-3-4-5-7-19-12-16-23(17-13-19)28-24(27)21-14-10-20(11-15-21)8-6-9-22(25)18-26/h6,8-9,19-21,23H,2-5,7,10-17H2,1H3/t19-,20-,21-,23-. The molecule has 0 aliphatic heterocycles. The fourth-order valence-electron chi connectivity index (χ4n) is 4.54. The highest BCUT2D eigenvalue weighted by Crippen LogP contribution is 2.33. The SMILES string of the molecule is CCCCCC[C@H]1CC[C@H](OC(=O)[C@H]2CC[C@H](C=CC=C(F)C#N)CC2)CC1. The summed E-state index contributed by atoms with van der Waals surface area (Å²) in [6.07, 6.45) is 19.5. The van der Waals surface area contributed by atoms with Gasteiger partial charge >= 0.3 is 5.97 Å². The molecular weight excluding hydrogens is 353 g/mol. The number of hydrogen-bond acceptors (Lipinski definition) is 3. The number of allylic oxidation sites excluding steroid dienone is 4. The van der Waals surface area contributed by atoms with Crippen LogP contribution in [0.1, 0.15) is 90.4 Å². The summed E-state index contributed by atoms with van der Waals surface area (Å²) in [7, 11) is 0. The summed E-state index contributed by atoms with van der Waals surface area (Å²) in [6, 6.07) is 1.46. The predicted molar refractivity (Wildman–Crippen MR) is 110 cm³/mol. The van der Waals surface area contributed by atoms with E-state index in [-0.39, 0.29) is 18.0 Å². The lowest BCUT2D eigenvalue weighted by Gasteiger charge is -2.31. The van der Waals surface area contributed by atoms with Gasteiger partial charge in [0.2, 0.25) is 0 Å². The molecular formula is C24H36FNO2. The largest absolute Gasteiger partial charge is 0.462 e. The van der Waals surface area contributed by atoms with Crippen molar-refractivity contribution in [3.63, 3.8) is 0 Å². The van der Waals surface area contributed by atoms with Gasteiger partial charge in [0.1, 0.15) is 12.2 Å². The zero-order valence-electron chi connectivity index (χ0n) is 17.4. The van der Waals surface area contributed by atoms with Gasteiger partial charge in [-0.2, -0.15) is 9.65 Å². The van der Waals surface area contributed by atoms with Gasteiger partial charge in [0.25, 0.3) is 0 Å². The van der Waals surface area contributed by atoms with Gasteiger partial charge in [-0.3, -0.25) is 4.79 Å². The summed E-state index contributed by atoms with van der Waals surface area (Å²) in [6.45, 7) is 2.25. The topological polar surface area (TPSA) is 50.1 Å². The van der Waals surface area contributed by atoms with Crippen LogP contribution in [0.25, 0.3) is 0 Å². The molecule has 2 rings (SSSR count). The van der Waals surface area contributed by atoms with Crippen molar-refractivity contribution in [3.05, 3.63) is 24.1 Å². The van der Waals surface area contributed by atoms with Gasteiger partial charge in [0.15, 0.2) is 5.83 Å². The van der Waals surface area contributed by atoms with E-state index < -0.39 is 5.83 Å². The first-order valence-electron chi connectivity index (χ1n) is 11.3. The normalized spacial score (nSPS) is 28.8. The van der Waals surface area contributed by atoms with Crippen molar-refractivity contribution < 1.29 is 13.9 Å². The molecule has 0 amide bonds. The van der Waals surface area contributed by atoms with E-state index in [4.69, 9.17) is 10.00 Å². The van der Waals surface area contributed by atoms with Gasteiger partial charge in [0, 0.05) is 0 Å². The van der Waals surface area contributed by atoms with Crippen molar-refractivity contribution in [3.8, 4) is 6.07 Å². The summed E-state index contributed by atoms with van der Waals surface area (Å²) in [5.41, 5.74) is 0. The molecule has 2 aliphatic rings. The van der Waals surface area contributed by atoms with Crippen LogP contribution in [0.15, 0.2) is 24.1 Å². The molecule has 0 N–H and O–H groups in total. The minimum atomic E-state index is -0.774. The molecule has 0 unspecified atom stereocenters. The number of ether oxygens (including phenoxy) is 1. The maximum absolute atomic E-state index is 12.8. The van der Waals surface area contributed by atoms with Crippen LogP contribution in [0.3, 0.4) is 0 Å². The fraction of sp³-hybridized carbons (Fsp3) is 0.750. The number of unbranched alkanes of at least 4 members (excludes halogenated alkanes) is 3. The summed E-state index contributed by atoms with van der Waals surface area (Å²) in [5.74, 6) is 0.417. The molecule has 4 heteroatoms. The lowest BCUT2D eigenvalue weighted by atomic mass is 9.81. The first-order valence-corrected chi connectivity index (χ1v) is 11.3. The molecule has 0 radical (unpaired) electrons. The molecule has 156 valence electrons. The highest BCUT2D eigenvalue weighted by Gasteiger charge is 2.30. The Morgan fingerprint density at radius 2 is 1.79 bits per heavy atom. The zero-order valence-corrected chi connectivity index (χ0v) is 17.4. The van der Waals surface area contributed by atoms with E-state index in [0.717, 1.165) is 44.4 Å². The van der Waals surface area contributed by atoms with Crippen LogP contribution in [0.2, 0.25) is 0 Å². The fourth-order valence-corrected chi connectivity index (χ4v) is 4.54. The zero-order chi connectivity index (χ0) is 20.2. The van der Waals surface area contributed by atoms with Crippen molar-refractivity contribution in [2.45, 2.75) is 96.5 Å². The number of carbonyl (C=O) groups is 1. The Hall–Kier alpha value is -1.63. The van der Waals surface area contributed by atoms with Crippen molar-refractivity contribution in [1.82, 2.24) is 0 Å². The van der Waals surface area contributed by atoms with Gasteiger partial charge in [-0.15, -0.1) is 0 Å². The molecule has 3 nitrogen and oxygen atoms in total. The number of halogens is 1. The van der Waals surface area contributed by atoms with Gasteiger partial charge in [-0.25, -0.2) is 0 Å². The third-order valence-corrected chi connectivity index (χ3v) is 6.38. The molecule has 2 fully saturated rings. The quantitative estimate of drug-likeness (QED) is 0.189. The van der Waals surface area contributed by atoms with Crippen molar-refractivity contribution in [2.24, 2.45) is 17.8 Å². The van der Waals surface area contributed by atoms with Gasteiger partial charge in [-0.1, -0.05) is 51.2 Å². The molecule has 0 aromatic rings. The van der Waals surface area contributed by atoms with Crippen LogP contribution in [-0.2, 0) is 9.53 Å². The van der Waals surface area contributed by atoms with Crippen LogP contribution < -0.4 is 0 Å². The van der Waals surface area contributed by atoms with E-state index in [1.165, 1.54) is 57.1 Å². The van der Waals surface area contributed by atoms with Crippen LogP contribution in [0, 0.1) is 29.1 Å². The number of nitrogens with zero attached hydrogens (tertiary/aromatic N) is 1. The van der Waals surface area contributed by atoms with E-state index in [1.54, 1.807) is 6.08 Å². The average Bonchev–Trinajstić information content (AvgIpc) is 2.72. The Morgan fingerprint density at radius 3 is 2.43 bits per heavy atom. The van der Waals surface area contributed by atoms with E-state index in [0.29, 0.717) is 5.92 Å². The van der Waals surface area contributed by atoms with E-state index in [1.807, 2.05) is 6.08 Å². The number of carbonyl (C=O) groups excluding carboxylic acids is 1. The predicted octanol–water partition coefficient (Wildman–Crippen LogP) is 6.80. The molecule has 0 atom stereocenters. The maximum Gasteiger partial charge on any atom is 0.309 e. The molecule has 2 aliphatic carbocycles. The molecule has 0 spiro atoms. The summed E-state index contributed by atoms with van der Waals surface area (Å²) < 4.78 is 18.6. The lowest BCUT2D eigenvalue weighted by Crippen LogP contribution is -2.30. The second-order valence-electron chi connectivity index (χ2n) is 8.55. The smallest absolute Gasteiger partial charge is 0.309 e. The molecule has 0 saturated heterocycles. The monoisotopic (exact) mass is 389 g/mol. The minimum Gasteiger partial charge on any atom is -0.462 e. The number of esters is 1. The van der Waals surface area contributed by atoms with Gasteiger partial charge < -0.3 is 4.74 Å². The maximum atomic E-state index is 12.8. The highest BCUT2D eigenvalue weighted by molar-refractivity contribution is 5.72. The third-order valence-electron chi connectivity index (χ3n) is 6.38. The molecule has 0 aromatic heterocycles. The van der Waals surface area contributed by atoms with Crippen molar-refractivity contribution >= 4 is 5.97 Å². The number of hydrogen-bond donors (Lipinski definition) is 0. The second-order valence-corrected chi connectivity index (χ2v) is 8.55. The number of nitriles is 1. The molecule has 28 heavy (non-hydrogen) atoms. The molecule has 0 bridgehead atoms. The van der Waals surface area contributed by atoms with E-state index in [9.17, 15) is 9.18 Å². The Balaban J connectivity index is 1.62. The Labute approximate surface area is 170 Å². The lowest BCUT2D eigenvalue weighted by molar-refractivity contribution is -0.157. The number of rotatable bonds is 9. The van der Waals surface area contributed by atoms with Crippen LogP contribution in [-0.4, -0.2) is 12.1 Å². The highest BCUT2D eigenvalue weighted by atomic mass is 19.1. The van der Waals surface area contributed by atoms with E-state index in [2.05, 4.69) is 6.92 Å². The Morgan fingerprint density at radius 1 is 1.07 bits per heavy atom. The van der Waals surface area contributed by atoms with Gasteiger partial charge in [-0.05, 0) is 69.3 Å². The van der Waals surface area contributed by atoms with Gasteiger partial charge in [0.05, 0.1) is 5.92 Å². The van der Waals surface area contributed by atoms with Crippen LogP contribution >= 0.6 is 0 Å². The van der Waals surface area contributed by atoms with Crippen LogP contribution in [0.5, 0.6) is 0 Å². The Bertz CT molecular complexity index is 562. The molecule has 0 heterocycles. The second kappa shape index (κ2) is 12.8. The summed E-state index contributed by atoms with van der Waals surface area (Å²) in [4.78, 5) is 12.5. The van der Waals surface area contributed by atoms with Crippen LogP contribution in [0.4, 0.5) is 4.39 Å². The summed E-state index contributed by atoms with van der Waals surface area (Å²) in [5, 5.41) is 8.40. The van der Waals surface area contributed by atoms with E-state index >= 15 is 0 Å². The average molecular weight is 390 g/mol. The molecule has 2 saturated carbocycles.